The molecule has 0 amide bonds. The Bertz CT molecular complexity index is 1190. The number of carbonyl (C=O) groups excluding carboxylic acids is 1. The monoisotopic (exact) mass is 474 g/mol. The largest absolute Gasteiger partial charge is 0.462 e. The lowest BCUT2D eigenvalue weighted by molar-refractivity contribution is 0.0531. The fraction of sp³-hybridized carbons (Fsp3) is 0.591. The molecule has 0 unspecified atom stereocenters. The molecule has 4 heterocycles. The predicted octanol–water partition coefficient (Wildman–Crippen LogP) is 2.85. The lowest BCUT2D eigenvalue weighted by Crippen LogP contribution is -2.47. The van der Waals surface area contributed by atoms with Crippen molar-refractivity contribution >= 4 is 27.5 Å². The fourth-order valence-electron chi connectivity index (χ4n) is 3.99. The minimum atomic E-state index is -0.412. The van der Waals surface area contributed by atoms with E-state index in [2.05, 4.69) is 24.9 Å². The molecular weight excluding hydrogens is 444 g/mol. The van der Waals surface area contributed by atoms with E-state index in [-0.39, 0.29) is 24.1 Å². The topological polar surface area (TPSA) is 117 Å². The van der Waals surface area contributed by atoms with Crippen molar-refractivity contribution in [3.8, 4) is 0 Å². The van der Waals surface area contributed by atoms with E-state index < -0.39 is 5.97 Å². The van der Waals surface area contributed by atoms with Crippen LogP contribution in [0, 0.1) is 6.92 Å². The number of aromatic nitrogens is 4. The van der Waals surface area contributed by atoms with E-state index in [1.807, 2.05) is 20.8 Å². The molecule has 1 aliphatic rings. The Morgan fingerprint density at radius 2 is 1.94 bits per heavy atom. The smallest absolute Gasteiger partial charge is 0.348 e. The summed E-state index contributed by atoms with van der Waals surface area (Å²) in [4.78, 5) is 42.7. The molecule has 1 atom stereocenters. The summed E-state index contributed by atoms with van der Waals surface area (Å²) in [6, 6.07) is -0.0614. The molecule has 1 saturated heterocycles. The Balaban J connectivity index is 1.44. The van der Waals surface area contributed by atoms with Crippen molar-refractivity contribution in [3.63, 3.8) is 0 Å². The summed E-state index contributed by atoms with van der Waals surface area (Å²) in [7, 11) is 0. The first-order valence-corrected chi connectivity index (χ1v) is 12.1. The number of aryl methyl sites for hydroxylation is 1. The van der Waals surface area contributed by atoms with Crippen molar-refractivity contribution in [2.45, 2.75) is 53.1 Å². The minimum Gasteiger partial charge on any atom is -0.462 e. The van der Waals surface area contributed by atoms with E-state index in [1.165, 1.54) is 11.3 Å². The molecule has 4 rings (SSSR count). The molecule has 1 N–H and O–H groups in total. The van der Waals surface area contributed by atoms with Crippen LogP contribution in [0.15, 0.2) is 9.32 Å². The van der Waals surface area contributed by atoms with Crippen LogP contribution < -0.4 is 5.56 Å². The third-order valence-electron chi connectivity index (χ3n) is 5.99. The van der Waals surface area contributed by atoms with Crippen molar-refractivity contribution in [1.82, 2.24) is 29.9 Å². The zero-order valence-corrected chi connectivity index (χ0v) is 20.5. The van der Waals surface area contributed by atoms with Crippen molar-refractivity contribution in [2.24, 2.45) is 0 Å². The van der Waals surface area contributed by atoms with Crippen LogP contribution in [-0.2, 0) is 11.3 Å². The van der Waals surface area contributed by atoms with Gasteiger partial charge in [-0.25, -0.2) is 9.78 Å². The average Bonchev–Trinajstić information content (AvgIpc) is 3.39. The molecule has 0 aromatic carbocycles. The normalized spacial score (nSPS) is 16.5. The quantitative estimate of drug-likeness (QED) is 0.516. The molecule has 0 bridgehead atoms. The Labute approximate surface area is 195 Å². The molecule has 3 aromatic rings. The average molecular weight is 475 g/mol. The van der Waals surface area contributed by atoms with Gasteiger partial charge in [0.2, 0.25) is 5.89 Å². The molecule has 0 saturated carbocycles. The second kappa shape index (κ2) is 9.70. The first-order chi connectivity index (χ1) is 15.8. The Morgan fingerprint density at radius 1 is 1.21 bits per heavy atom. The highest BCUT2D eigenvalue weighted by Crippen LogP contribution is 2.29. The van der Waals surface area contributed by atoms with E-state index in [0.29, 0.717) is 38.9 Å². The molecule has 1 aliphatic heterocycles. The summed E-state index contributed by atoms with van der Waals surface area (Å²) in [5.74, 6) is 1.81. The summed E-state index contributed by atoms with van der Waals surface area (Å²) >= 11 is 1.21. The number of aromatic amines is 1. The number of fused-ring (bicyclic) bond motifs is 1. The number of carbonyl (C=O) groups is 1. The Morgan fingerprint density at radius 3 is 2.58 bits per heavy atom. The van der Waals surface area contributed by atoms with Crippen LogP contribution in [0.5, 0.6) is 0 Å². The van der Waals surface area contributed by atoms with Crippen molar-refractivity contribution < 1.29 is 14.1 Å². The van der Waals surface area contributed by atoms with E-state index in [9.17, 15) is 9.59 Å². The van der Waals surface area contributed by atoms with Crippen molar-refractivity contribution in [2.75, 3.05) is 32.8 Å². The summed E-state index contributed by atoms with van der Waals surface area (Å²) in [6.07, 6.45) is 0. The maximum absolute atomic E-state index is 12.8. The van der Waals surface area contributed by atoms with Gasteiger partial charge < -0.3 is 14.2 Å². The third kappa shape index (κ3) is 4.85. The molecule has 33 heavy (non-hydrogen) atoms. The number of piperazine rings is 1. The van der Waals surface area contributed by atoms with Crippen LogP contribution in [0.4, 0.5) is 0 Å². The predicted molar refractivity (Wildman–Crippen MR) is 125 cm³/mol. The molecule has 3 aromatic heterocycles. The highest BCUT2D eigenvalue weighted by molar-refractivity contribution is 7.20. The number of H-pyrrole nitrogens is 1. The Kier molecular flexibility index (Phi) is 6.91. The van der Waals surface area contributed by atoms with E-state index >= 15 is 0 Å². The van der Waals surface area contributed by atoms with Crippen LogP contribution in [0.1, 0.15) is 72.4 Å². The van der Waals surface area contributed by atoms with Crippen LogP contribution >= 0.6 is 11.3 Å². The van der Waals surface area contributed by atoms with E-state index in [1.54, 1.807) is 13.8 Å². The number of nitrogens with one attached hydrogen (secondary N) is 1. The molecule has 11 heteroatoms. The third-order valence-corrected chi connectivity index (χ3v) is 7.15. The van der Waals surface area contributed by atoms with Gasteiger partial charge in [-0.2, -0.15) is 4.98 Å². The van der Waals surface area contributed by atoms with Crippen LogP contribution in [0.3, 0.4) is 0 Å². The number of hydrogen-bond acceptors (Lipinski definition) is 10. The van der Waals surface area contributed by atoms with Gasteiger partial charge in [0.15, 0.2) is 5.82 Å². The summed E-state index contributed by atoms with van der Waals surface area (Å²) < 4.78 is 10.5. The lowest BCUT2D eigenvalue weighted by Gasteiger charge is -2.37. The van der Waals surface area contributed by atoms with Gasteiger partial charge in [0, 0.05) is 32.1 Å². The molecule has 10 nitrogen and oxygen atoms in total. The molecule has 0 aliphatic carbocycles. The number of nitrogens with zero attached hydrogens (tertiary/aromatic N) is 5. The number of thiophene rings is 1. The maximum atomic E-state index is 12.8. The van der Waals surface area contributed by atoms with Crippen molar-refractivity contribution in [3.05, 3.63) is 38.3 Å². The van der Waals surface area contributed by atoms with Crippen molar-refractivity contribution in [1.29, 1.82) is 0 Å². The first-order valence-electron chi connectivity index (χ1n) is 11.3. The van der Waals surface area contributed by atoms with E-state index in [4.69, 9.17) is 14.2 Å². The number of rotatable bonds is 7. The fourth-order valence-corrected chi connectivity index (χ4v) is 5.07. The number of esters is 1. The van der Waals surface area contributed by atoms with Crippen LogP contribution in [0.25, 0.3) is 10.2 Å². The van der Waals surface area contributed by atoms with Gasteiger partial charge >= 0.3 is 5.97 Å². The summed E-state index contributed by atoms with van der Waals surface area (Å²) in [5.41, 5.74) is 0.402. The van der Waals surface area contributed by atoms with Gasteiger partial charge in [-0.15, -0.1) is 11.3 Å². The first kappa shape index (κ1) is 23.5. The standard InChI is InChI=1S/C22H30N6O4S/c1-6-31-22(30)17-13(4)16-20(29)24-19(25-21(16)33-17)14(5)28-9-7-27(8-10-28)11-15-23-18(12(2)3)26-32-15/h12,14H,6-11H2,1-5H3,(H,24,25,29)/t14-/m0/s1. The summed E-state index contributed by atoms with van der Waals surface area (Å²) in [6.45, 7) is 13.9. The van der Waals surface area contributed by atoms with Gasteiger partial charge in [0.1, 0.15) is 15.5 Å². The lowest BCUT2D eigenvalue weighted by atomic mass is 10.2. The van der Waals surface area contributed by atoms with Gasteiger partial charge in [-0.3, -0.25) is 14.6 Å². The van der Waals surface area contributed by atoms with Crippen LogP contribution in [0.2, 0.25) is 0 Å². The minimum absolute atomic E-state index is 0.0614. The number of ether oxygens (including phenoxy) is 1. The second-order valence-corrected chi connectivity index (χ2v) is 9.60. The van der Waals surface area contributed by atoms with Gasteiger partial charge in [-0.1, -0.05) is 19.0 Å². The SMILES string of the molecule is CCOC(=O)c1sc2nc([C@H](C)N3CCN(Cc4nc(C(C)C)no4)CC3)[nH]c(=O)c2c1C. The van der Waals surface area contributed by atoms with Gasteiger partial charge in [-0.05, 0) is 26.3 Å². The highest BCUT2D eigenvalue weighted by atomic mass is 32.1. The zero-order valence-electron chi connectivity index (χ0n) is 19.7. The zero-order chi connectivity index (χ0) is 23.7. The van der Waals surface area contributed by atoms with E-state index in [0.717, 1.165) is 32.0 Å². The second-order valence-electron chi connectivity index (χ2n) is 8.60. The molecule has 0 spiro atoms. The van der Waals surface area contributed by atoms with Crippen LogP contribution in [-0.4, -0.2) is 68.7 Å². The Hall–Kier alpha value is -2.63. The maximum Gasteiger partial charge on any atom is 0.348 e. The molecule has 178 valence electrons. The molecule has 1 fully saturated rings. The highest BCUT2D eigenvalue weighted by Gasteiger charge is 2.26. The summed E-state index contributed by atoms with van der Waals surface area (Å²) in [5, 5.41) is 4.50. The number of hydrogen-bond donors (Lipinski definition) is 1. The van der Waals surface area contributed by atoms with Gasteiger partial charge in [0.05, 0.1) is 24.6 Å². The molecule has 0 radical (unpaired) electrons. The van der Waals surface area contributed by atoms with Gasteiger partial charge in [0.25, 0.3) is 5.56 Å². The molecular formula is C22H30N6O4S.